The van der Waals surface area contributed by atoms with E-state index in [1.807, 2.05) is 0 Å². The monoisotopic (exact) mass is 410 g/mol. The van der Waals surface area contributed by atoms with Crippen LogP contribution in [0.2, 0.25) is 10.0 Å². The minimum Gasteiger partial charge on any atom is -0.370 e. The van der Waals surface area contributed by atoms with Crippen LogP contribution in [0.5, 0.6) is 0 Å². The van der Waals surface area contributed by atoms with Gasteiger partial charge in [-0.25, -0.2) is 4.39 Å². The maximum Gasteiger partial charge on any atom is 0.226 e. The third-order valence-electron chi connectivity index (χ3n) is 5.04. The van der Waals surface area contributed by atoms with Gasteiger partial charge < -0.3 is 15.4 Å². The Morgan fingerprint density at radius 1 is 1.32 bits per heavy atom. The van der Waals surface area contributed by atoms with Crippen LogP contribution in [-0.2, 0) is 9.53 Å². The van der Waals surface area contributed by atoms with Crippen LogP contribution in [0.3, 0.4) is 0 Å². The Hall–Kier alpha value is -0.590. The summed E-state index contributed by atoms with van der Waals surface area (Å²) >= 11 is 11.9. The highest BCUT2D eigenvalue weighted by Gasteiger charge is 2.37. The van der Waals surface area contributed by atoms with Crippen molar-refractivity contribution in [1.29, 1.82) is 0 Å². The van der Waals surface area contributed by atoms with E-state index < -0.39 is 11.9 Å². The van der Waals surface area contributed by atoms with Crippen molar-refractivity contribution >= 4 is 41.5 Å². The molecule has 25 heavy (non-hydrogen) atoms. The fraction of sp³-hybridized carbons (Fsp3) is 0.588. The maximum absolute atomic E-state index is 13.8. The first-order valence-electron chi connectivity index (χ1n) is 8.26. The fourth-order valence-electron chi connectivity index (χ4n) is 3.70. The predicted molar refractivity (Wildman–Crippen MR) is 98.8 cm³/mol. The lowest BCUT2D eigenvalue weighted by molar-refractivity contribution is -0.144. The number of nitrogens with two attached hydrogens (primary N) is 1. The van der Waals surface area contributed by atoms with E-state index in [1.165, 1.54) is 12.1 Å². The second-order valence-corrected chi connectivity index (χ2v) is 7.28. The Morgan fingerprint density at radius 3 is 2.80 bits per heavy atom. The van der Waals surface area contributed by atoms with Gasteiger partial charge in [0, 0.05) is 23.0 Å². The van der Waals surface area contributed by atoms with Gasteiger partial charge in [-0.05, 0) is 37.4 Å². The Bertz CT molecular complexity index is 632. The van der Waals surface area contributed by atoms with Crippen molar-refractivity contribution in [2.75, 3.05) is 26.2 Å². The summed E-state index contributed by atoms with van der Waals surface area (Å²) in [5.74, 6) is -0.162. The molecule has 1 aromatic carbocycles. The van der Waals surface area contributed by atoms with Crippen molar-refractivity contribution in [2.24, 2.45) is 17.6 Å². The van der Waals surface area contributed by atoms with Gasteiger partial charge in [-0.1, -0.05) is 29.6 Å². The molecule has 3 atom stereocenters. The molecule has 140 valence electrons. The first kappa shape index (κ1) is 20.7. The van der Waals surface area contributed by atoms with Crippen LogP contribution in [0, 0.1) is 17.7 Å². The molecule has 3 rings (SSSR count). The quantitative estimate of drug-likeness (QED) is 0.769. The molecule has 8 heteroatoms. The van der Waals surface area contributed by atoms with Crippen LogP contribution in [0.15, 0.2) is 12.1 Å². The number of morpholine rings is 1. The summed E-state index contributed by atoms with van der Waals surface area (Å²) in [4.78, 5) is 14.6. The molecule has 4 nitrogen and oxygen atoms in total. The topological polar surface area (TPSA) is 55.6 Å². The molecule has 2 N–H and O–H groups in total. The molecule has 1 aliphatic heterocycles. The summed E-state index contributed by atoms with van der Waals surface area (Å²) in [6, 6.07) is 2.67. The highest BCUT2D eigenvalue weighted by molar-refractivity contribution is 6.35. The van der Waals surface area contributed by atoms with Crippen LogP contribution >= 0.6 is 35.6 Å². The van der Waals surface area contributed by atoms with E-state index in [4.69, 9.17) is 33.7 Å². The molecule has 1 unspecified atom stereocenters. The van der Waals surface area contributed by atoms with Crippen molar-refractivity contribution in [3.63, 3.8) is 0 Å². The fourth-order valence-corrected chi connectivity index (χ4v) is 4.21. The number of halogens is 4. The van der Waals surface area contributed by atoms with Gasteiger partial charge in [0.2, 0.25) is 5.91 Å². The predicted octanol–water partition coefficient (Wildman–Crippen LogP) is 3.83. The molecule has 1 heterocycles. The van der Waals surface area contributed by atoms with Gasteiger partial charge in [0.05, 0.1) is 18.2 Å². The van der Waals surface area contributed by atoms with E-state index in [1.54, 1.807) is 4.90 Å². The summed E-state index contributed by atoms with van der Waals surface area (Å²) in [6.07, 6.45) is 2.49. The third kappa shape index (κ3) is 4.40. The Morgan fingerprint density at radius 2 is 2.08 bits per heavy atom. The van der Waals surface area contributed by atoms with Crippen molar-refractivity contribution in [2.45, 2.75) is 25.4 Å². The SMILES string of the molecule is Cl.NC[C@H]1CCC[C@H]1C(=O)N1CCOC(c2cc(F)c(Cl)cc2Cl)C1. The molecular weight excluding hydrogens is 390 g/mol. The van der Waals surface area contributed by atoms with Gasteiger partial charge in [0.15, 0.2) is 0 Å². The average molecular weight is 412 g/mol. The number of nitrogens with zero attached hydrogens (tertiary/aromatic N) is 1. The summed E-state index contributed by atoms with van der Waals surface area (Å²) in [5, 5.41) is 0.325. The molecule has 2 fully saturated rings. The smallest absolute Gasteiger partial charge is 0.226 e. The van der Waals surface area contributed by atoms with Crippen LogP contribution in [0.25, 0.3) is 0 Å². The molecule has 1 saturated carbocycles. The number of hydrogen-bond donors (Lipinski definition) is 1. The van der Waals surface area contributed by atoms with Gasteiger partial charge in [-0.15, -0.1) is 12.4 Å². The molecule has 2 aliphatic rings. The van der Waals surface area contributed by atoms with Gasteiger partial charge >= 0.3 is 0 Å². The second-order valence-electron chi connectivity index (χ2n) is 6.46. The molecule has 1 aromatic rings. The van der Waals surface area contributed by atoms with Gasteiger partial charge in [-0.3, -0.25) is 4.79 Å². The molecule has 0 spiro atoms. The lowest BCUT2D eigenvalue weighted by Gasteiger charge is -2.36. The van der Waals surface area contributed by atoms with E-state index in [0.717, 1.165) is 19.3 Å². The highest BCUT2D eigenvalue weighted by atomic mass is 35.5. The molecule has 0 radical (unpaired) electrons. The molecular formula is C17H22Cl3FN2O2. The largest absolute Gasteiger partial charge is 0.370 e. The number of ether oxygens (including phenoxy) is 1. The number of benzene rings is 1. The summed E-state index contributed by atoms with van der Waals surface area (Å²) in [5.41, 5.74) is 6.32. The van der Waals surface area contributed by atoms with Crippen molar-refractivity contribution in [3.8, 4) is 0 Å². The lowest BCUT2D eigenvalue weighted by Crippen LogP contribution is -2.46. The summed E-state index contributed by atoms with van der Waals surface area (Å²) in [7, 11) is 0. The van der Waals surface area contributed by atoms with Crippen molar-refractivity contribution in [3.05, 3.63) is 33.6 Å². The van der Waals surface area contributed by atoms with Gasteiger partial charge in [0.1, 0.15) is 11.9 Å². The first-order chi connectivity index (χ1) is 11.5. The average Bonchev–Trinajstić information content (AvgIpc) is 3.06. The van der Waals surface area contributed by atoms with Gasteiger partial charge in [0.25, 0.3) is 0 Å². The zero-order valence-corrected chi connectivity index (χ0v) is 16.0. The van der Waals surface area contributed by atoms with E-state index in [9.17, 15) is 9.18 Å². The molecule has 1 amide bonds. The first-order valence-corrected chi connectivity index (χ1v) is 9.01. The zero-order valence-electron chi connectivity index (χ0n) is 13.7. The molecule has 0 aromatic heterocycles. The molecule has 1 aliphatic carbocycles. The Labute approximate surface area is 163 Å². The minimum absolute atomic E-state index is 0. The van der Waals surface area contributed by atoms with Crippen LogP contribution in [0.1, 0.15) is 30.9 Å². The number of carbonyl (C=O) groups is 1. The Balaban J connectivity index is 0.00000225. The summed E-state index contributed by atoms with van der Waals surface area (Å²) < 4.78 is 19.5. The number of amides is 1. The summed E-state index contributed by atoms with van der Waals surface area (Å²) in [6.45, 7) is 1.85. The van der Waals surface area contributed by atoms with E-state index in [-0.39, 0.29) is 35.2 Å². The van der Waals surface area contributed by atoms with E-state index in [0.29, 0.717) is 36.8 Å². The van der Waals surface area contributed by atoms with Gasteiger partial charge in [-0.2, -0.15) is 0 Å². The standard InChI is InChI=1S/C17H21Cl2FN2O2.ClH/c18-13-7-14(19)15(20)6-12(13)16-9-22(4-5-24-16)17(23)11-3-1-2-10(11)8-21;/h6-7,10-11,16H,1-5,8-9,21H2;1H/t10-,11-,16?;/m1./s1. The zero-order chi connectivity index (χ0) is 17.3. The van der Waals surface area contributed by atoms with E-state index in [2.05, 4.69) is 0 Å². The Kier molecular flexibility index (Phi) is 7.35. The van der Waals surface area contributed by atoms with E-state index >= 15 is 0 Å². The lowest BCUT2D eigenvalue weighted by atomic mass is 9.94. The van der Waals surface area contributed by atoms with Crippen LogP contribution in [0.4, 0.5) is 4.39 Å². The second kappa shape index (κ2) is 8.87. The number of rotatable bonds is 3. The minimum atomic E-state index is -0.540. The highest BCUT2D eigenvalue weighted by Crippen LogP contribution is 2.35. The van der Waals surface area contributed by atoms with Crippen molar-refractivity contribution < 1.29 is 13.9 Å². The van der Waals surface area contributed by atoms with Crippen LogP contribution < -0.4 is 5.73 Å². The maximum atomic E-state index is 13.8. The number of hydrogen-bond acceptors (Lipinski definition) is 3. The third-order valence-corrected chi connectivity index (χ3v) is 5.66. The normalized spacial score (nSPS) is 26.4. The number of carbonyl (C=O) groups excluding carboxylic acids is 1. The molecule has 0 bridgehead atoms. The van der Waals surface area contributed by atoms with Crippen LogP contribution in [-0.4, -0.2) is 37.0 Å². The molecule has 1 saturated heterocycles. The van der Waals surface area contributed by atoms with Crippen molar-refractivity contribution in [1.82, 2.24) is 4.90 Å².